The molecule has 2 N–H and O–H groups in total. The summed E-state index contributed by atoms with van der Waals surface area (Å²) >= 11 is 0. The molecule has 0 aliphatic rings. The van der Waals surface area contributed by atoms with E-state index in [1.54, 1.807) is 11.9 Å². The highest BCUT2D eigenvalue weighted by Crippen LogP contribution is 2.19. The van der Waals surface area contributed by atoms with Crippen molar-refractivity contribution < 1.29 is 4.79 Å². The Balaban J connectivity index is 2.65. The average molecular weight is 234 g/mol. The lowest BCUT2D eigenvalue weighted by molar-refractivity contribution is -0.134. The number of nitrogens with two attached hydrogens (primary N) is 1. The van der Waals surface area contributed by atoms with E-state index >= 15 is 0 Å². The molecule has 0 aliphatic carbocycles. The van der Waals surface area contributed by atoms with Crippen molar-refractivity contribution in [1.82, 2.24) is 4.90 Å². The van der Waals surface area contributed by atoms with Gasteiger partial charge < -0.3 is 10.6 Å². The molecule has 0 spiro atoms. The summed E-state index contributed by atoms with van der Waals surface area (Å²) in [5, 5.41) is 0. The molecule has 0 aliphatic heterocycles. The van der Waals surface area contributed by atoms with Crippen LogP contribution in [0.2, 0.25) is 0 Å². The predicted molar refractivity (Wildman–Crippen MR) is 70.3 cm³/mol. The van der Waals surface area contributed by atoms with Crippen LogP contribution in [0.5, 0.6) is 0 Å². The van der Waals surface area contributed by atoms with Gasteiger partial charge in [0.25, 0.3) is 0 Å². The van der Waals surface area contributed by atoms with Crippen LogP contribution in [-0.2, 0) is 11.3 Å². The van der Waals surface area contributed by atoms with Gasteiger partial charge in [-0.3, -0.25) is 4.79 Å². The van der Waals surface area contributed by atoms with E-state index in [4.69, 9.17) is 5.73 Å². The molecule has 1 atom stereocenters. The summed E-state index contributed by atoms with van der Waals surface area (Å²) in [4.78, 5) is 13.8. The number of rotatable bonds is 3. The van der Waals surface area contributed by atoms with E-state index in [0.29, 0.717) is 6.54 Å². The van der Waals surface area contributed by atoms with Crippen molar-refractivity contribution in [2.24, 2.45) is 11.1 Å². The maximum Gasteiger partial charge on any atom is 0.240 e. The summed E-state index contributed by atoms with van der Waals surface area (Å²) in [6.07, 6.45) is 0. The Morgan fingerprint density at radius 1 is 1.29 bits per heavy atom. The monoisotopic (exact) mass is 234 g/mol. The Morgan fingerprint density at radius 2 is 1.82 bits per heavy atom. The van der Waals surface area contributed by atoms with Gasteiger partial charge in [-0.15, -0.1) is 0 Å². The van der Waals surface area contributed by atoms with Crippen LogP contribution in [0, 0.1) is 5.41 Å². The zero-order valence-electron chi connectivity index (χ0n) is 11.1. The SMILES string of the molecule is CN(Cc1ccccc1)C(=O)C(N)C(C)(C)C. The van der Waals surface area contributed by atoms with Crippen LogP contribution in [0.4, 0.5) is 0 Å². The van der Waals surface area contributed by atoms with Crippen molar-refractivity contribution in [2.45, 2.75) is 33.4 Å². The highest BCUT2D eigenvalue weighted by molar-refractivity contribution is 5.82. The van der Waals surface area contributed by atoms with Crippen LogP contribution in [0.1, 0.15) is 26.3 Å². The summed E-state index contributed by atoms with van der Waals surface area (Å²) < 4.78 is 0. The second-order valence-electron chi connectivity index (χ2n) is 5.52. The minimum absolute atomic E-state index is 0.0126. The minimum Gasteiger partial charge on any atom is -0.340 e. The Kier molecular flexibility index (Phi) is 4.29. The molecule has 0 heterocycles. The second kappa shape index (κ2) is 5.32. The molecule has 0 aromatic heterocycles. The molecule has 1 aromatic carbocycles. The number of benzene rings is 1. The largest absolute Gasteiger partial charge is 0.340 e. The lowest BCUT2D eigenvalue weighted by atomic mass is 9.86. The first-order valence-electron chi connectivity index (χ1n) is 5.87. The molecule has 3 heteroatoms. The predicted octanol–water partition coefficient (Wildman–Crippen LogP) is 2.02. The number of amides is 1. The highest BCUT2D eigenvalue weighted by Gasteiger charge is 2.29. The summed E-state index contributed by atoms with van der Waals surface area (Å²) in [6, 6.07) is 9.45. The average Bonchev–Trinajstić information content (AvgIpc) is 2.27. The molecule has 3 nitrogen and oxygen atoms in total. The number of nitrogens with zero attached hydrogens (tertiary/aromatic N) is 1. The number of hydrogen-bond donors (Lipinski definition) is 1. The zero-order valence-corrected chi connectivity index (χ0v) is 11.1. The fourth-order valence-electron chi connectivity index (χ4n) is 1.54. The van der Waals surface area contributed by atoms with Crippen molar-refractivity contribution in [3.05, 3.63) is 35.9 Å². The van der Waals surface area contributed by atoms with Gasteiger partial charge in [0, 0.05) is 13.6 Å². The van der Waals surface area contributed by atoms with Crippen molar-refractivity contribution in [3.8, 4) is 0 Å². The van der Waals surface area contributed by atoms with Crippen molar-refractivity contribution >= 4 is 5.91 Å². The minimum atomic E-state index is -0.462. The molecule has 0 saturated carbocycles. The van der Waals surface area contributed by atoms with E-state index in [9.17, 15) is 4.79 Å². The quantitative estimate of drug-likeness (QED) is 0.869. The van der Waals surface area contributed by atoms with Gasteiger partial charge >= 0.3 is 0 Å². The topological polar surface area (TPSA) is 46.3 Å². The van der Waals surface area contributed by atoms with Crippen LogP contribution < -0.4 is 5.73 Å². The molecule has 94 valence electrons. The number of likely N-dealkylation sites (N-methyl/N-ethyl adjacent to an activating group) is 1. The third-order valence-corrected chi connectivity index (χ3v) is 2.84. The first kappa shape index (κ1) is 13.7. The van der Waals surface area contributed by atoms with Crippen LogP contribution in [-0.4, -0.2) is 23.9 Å². The standard InChI is InChI=1S/C14H22N2O/c1-14(2,3)12(15)13(17)16(4)10-11-8-6-5-7-9-11/h5-9,12H,10,15H2,1-4H3. The normalized spacial score (nSPS) is 13.2. The van der Waals surface area contributed by atoms with E-state index in [1.807, 2.05) is 51.1 Å². The molecule has 1 rings (SSSR count). The van der Waals surface area contributed by atoms with Crippen LogP contribution in [0.25, 0.3) is 0 Å². The van der Waals surface area contributed by atoms with Gasteiger partial charge in [0.15, 0.2) is 0 Å². The van der Waals surface area contributed by atoms with E-state index in [1.165, 1.54) is 0 Å². The smallest absolute Gasteiger partial charge is 0.240 e. The summed E-state index contributed by atoms with van der Waals surface area (Å²) in [7, 11) is 1.79. The van der Waals surface area contributed by atoms with Crippen LogP contribution in [0.15, 0.2) is 30.3 Å². The summed E-state index contributed by atoms with van der Waals surface area (Å²) in [6.45, 7) is 6.53. The fraction of sp³-hybridized carbons (Fsp3) is 0.500. The van der Waals surface area contributed by atoms with Crippen molar-refractivity contribution in [3.63, 3.8) is 0 Å². The molecule has 0 bridgehead atoms. The van der Waals surface area contributed by atoms with E-state index < -0.39 is 6.04 Å². The lowest BCUT2D eigenvalue weighted by Crippen LogP contribution is -2.48. The van der Waals surface area contributed by atoms with Crippen LogP contribution >= 0.6 is 0 Å². The Hall–Kier alpha value is -1.35. The first-order valence-corrected chi connectivity index (χ1v) is 5.87. The Morgan fingerprint density at radius 3 is 2.29 bits per heavy atom. The number of hydrogen-bond acceptors (Lipinski definition) is 2. The molecule has 0 saturated heterocycles. The summed E-state index contributed by atoms with van der Waals surface area (Å²) in [5.41, 5.74) is 6.87. The van der Waals surface area contributed by atoms with E-state index in [-0.39, 0.29) is 11.3 Å². The van der Waals surface area contributed by atoms with E-state index in [0.717, 1.165) is 5.56 Å². The summed E-state index contributed by atoms with van der Waals surface area (Å²) in [5.74, 6) is -0.0126. The Labute approximate surface area is 104 Å². The lowest BCUT2D eigenvalue weighted by Gasteiger charge is -2.30. The highest BCUT2D eigenvalue weighted by atomic mass is 16.2. The third-order valence-electron chi connectivity index (χ3n) is 2.84. The Bertz CT molecular complexity index is 368. The molecule has 1 aromatic rings. The van der Waals surface area contributed by atoms with Gasteiger partial charge in [-0.1, -0.05) is 51.1 Å². The van der Waals surface area contributed by atoms with Gasteiger partial charge in [0.2, 0.25) is 5.91 Å². The molecular formula is C14H22N2O. The maximum absolute atomic E-state index is 12.1. The number of carbonyl (C=O) groups is 1. The maximum atomic E-state index is 12.1. The van der Waals surface area contributed by atoms with Crippen molar-refractivity contribution in [2.75, 3.05) is 7.05 Å². The molecule has 17 heavy (non-hydrogen) atoms. The molecule has 1 amide bonds. The van der Waals surface area contributed by atoms with Gasteiger partial charge in [-0.05, 0) is 11.0 Å². The molecule has 0 fully saturated rings. The number of carbonyl (C=O) groups excluding carboxylic acids is 1. The zero-order chi connectivity index (χ0) is 13.1. The van der Waals surface area contributed by atoms with Gasteiger partial charge in [0.1, 0.15) is 0 Å². The molecule has 0 radical (unpaired) electrons. The van der Waals surface area contributed by atoms with Crippen LogP contribution in [0.3, 0.4) is 0 Å². The van der Waals surface area contributed by atoms with Gasteiger partial charge in [0.05, 0.1) is 6.04 Å². The van der Waals surface area contributed by atoms with E-state index in [2.05, 4.69) is 0 Å². The molecule has 1 unspecified atom stereocenters. The fourth-order valence-corrected chi connectivity index (χ4v) is 1.54. The first-order chi connectivity index (χ1) is 7.82. The van der Waals surface area contributed by atoms with Gasteiger partial charge in [-0.2, -0.15) is 0 Å². The van der Waals surface area contributed by atoms with Gasteiger partial charge in [-0.25, -0.2) is 0 Å². The molecular weight excluding hydrogens is 212 g/mol. The second-order valence-corrected chi connectivity index (χ2v) is 5.52. The third kappa shape index (κ3) is 3.86. The van der Waals surface area contributed by atoms with Crippen molar-refractivity contribution in [1.29, 1.82) is 0 Å².